The van der Waals surface area contributed by atoms with Gasteiger partial charge in [-0.3, -0.25) is 9.36 Å². The second-order valence-corrected chi connectivity index (χ2v) is 8.71. The Labute approximate surface area is 173 Å². The molecule has 8 heteroatoms. The van der Waals surface area contributed by atoms with Crippen LogP contribution < -0.4 is 4.90 Å². The average molecular weight is 413 g/mol. The third-order valence-corrected chi connectivity index (χ3v) is 6.67. The summed E-state index contributed by atoms with van der Waals surface area (Å²) < 4.78 is 13.7. The monoisotopic (exact) mass is 412 g/mol. The molecule has 1 amide bonds. The summed E-state index contributed by atoms with van der Waals surface area (Å²) >= 11 is 1.50. The molecule has 1 aromatic carbocycles. The zero-order valence-electron chi connectivity index (χ0n) is 16.6. The van der Waals surface area contributed by atoms with Gasteiger partial charge in [-0.15, -0.1) is 11.3 Å². The van der Waals surface area contributed by atoms with Crippen LogP contribution in [-0.2, 0) is 9.47 Å². The number of nitrogens with zero attached hydrogens (tertiary/aromatic N) is 4. The zero-order valence-corrected chi connectivity index (χ0v) is 17.4. The maximum Gasteiger partial charge on any atom is 0.264 e. The molecule has 7 nitrogen and oxygen atoms in total. The summed E-state index contributed by atoms with van der Waals surface area (Å²) in [6, 6.07) is 12.1. The number of likely N-dealkylation sites (tertiary alicyclic amines) is 1. The molecular formula is C21H24N4O3S. The van der Waals surface area contributed by atoms with Gasteiger partial charge in [-0.1, -0.05) is 18.2 Å². The second-order valence-electron chi connectivity index (χ2n) is 7.68. The lowest BCUT2D eigenvalue weighted by molar-refractivity contribution is -0.181. The van der Waals surface area contributed by atoms with Crippen molar-refractivity contribution in [1.82, 2.24) is 14.5 Å². The SMILES string of the molecule is CN(C)c1nc2cc(C(=O)N3CCC4(CC3)OCCO4)sc2n1-c1ccccc1. The van der Waals surface area contributed by atoms with E-state index in [1.807, 2.05) is 48.2 Å². The molecule has 2 aromatic heterocycles. The summed E-state index contributed by atoms with van der Waals surface area (Å²) in [5, 5.41) is 0. The molecule has 0 radical (unpaired) electrons. The minimum absolute atomic E-state index is 0.0619. The molecular weight excluding hydrogens is 388 g/mol. The molecule has 2 aliphatic heterocycles. The van der Waals surface area contributed by atoms with Crippen LogP contribution in [0.25, 0.3) is 16.0 Å². The van der Waals surface area contributed by atoms with Gasteiger partial charge >= 0.3 is 0 Å². The van der Waals surface area contributed by atoms with E-state index in [-0.39, 0.29) is 5.91 Å². The van der Waals surface area contributed by atoms with Crippen molar-refractivity contribution in [1.29, 1.82) is 0 Å². The van der Waals surface area contributed by atoms with Gasteiger partial charge in [0.2, 0.25) is 5.95 Å². The number of aromatic nitrogens is 2. The van der Waals surface area contributed by atoms with Crippen molar-refractivity contribution in [2.75, 3.05) is 45.3 Å². The Hall–Kier alpha value is -2.42. The molecule has 0 saturated carbocycles. The third-order valence-electron chi connectivity index (χ3n) is 5.57. The van der Waals surface area contributed by atoms with Gasteiger partial charge in [0.25, 0.3) is 5.91 Å². The zero-order chi connectivity index (χ0) is 20.0. The molecule has 2 aliphatic rings. The summed E-state index contributed by atoms with van der Waals surface area (Å²) in [6.45, 7) is 2.59. The lowest BCUT2D eigenvalue weighted by Gasteiger charge is -2.37. The standard InChI is InChI=1S/C21H24N4O3S/c1-23(2)20-22-16-14-17(29-19(16)25(20)15-6-4-3-5-7-15)18(26)24-10-8-21(9-11-24)27-12-13-28-21/h3-7,14H,8-13H2,1-2H3. The lowest BCUT2D eigenvalue weighted by atomic mass is 10.0. The molecule has 5 rings (SSSR count). The van der Waals surface area contributed by atoms with Crippen molar-refractivity contribution >= 4 is 33.5 Å². The van der Waals surface area contributed by atoms with Gasteiger partial charge in [0.05, 0.1) is 18.1 Å². The summed E-state index contributed by atoms with van der Waals surface area (Å²) in [4.78, 5) is 23.5. The molecule has 3 aromatic rings. The van der Waals surface area contributed by atoms with E-state index in [0.717, 1.165) is 39.7 Å². The van der Waals surface area contributed by atoms with Crippen LogP contribution in [-0.4, -0.2) is 66.5 Å². The van der Waals surface area contributed by atoms with Gasteiger partial charge in [0.15, 0.2) is 5.79 Å². The Kier molecular flexibility index (Phi) is 4.57. The van der Waals surface area contributed by atoms with Crippen LogP contribution in [0.3, 0.4) is 0 Å². The van der Waals surface area contributed by atoms with Gasteiger partial charge in [-0.05, 0) is 18.2 Å². The average Bonchev–Trinajstić information content (AvgIpc) is 3.43. The Balaban J connectivity index is 1.44. The molecule has 29 heavy (non-hydrogen) atoms. The van der Waals surface area contributed by atoms with Crippen molar-refractivity contribution in [3.05, 3.63) is 41.3 Å². The van der Waals surface area contributed by atoms with Gasteiger partial charge in [0, 0.05) is 45.7 Å². The van der Waals surface area contributed by atoms with Crippen LogP contribution in [0, 0.1) is 0 Å². The molecule has 1 spiro atoms. The fourth-order valence-electron chi connectivity index (χ4n) is 4.07. The highest BCUT2D eigenvalue weighted by Crippen LogP contribution is 2.35. The van der Waals surface area contributed by atoms with E-state index in [1.54, 1.807) is 0 Å². The number of para-hydroxylation sites is 1. The smallest absolute Gasteiger partial charge is 0.264 e. The molecule has 0 bridgehead atoms. The molecule has 0 unspecified atom stereocenters. The van der Waals surface area contributed by atoms with E-state index < -0.39 is 5.79 Å². The Bertz CT molecular complexity index is 1030. The minimum atomic E-state index is -0.469. The predicted octanol–water partition coefficient (Wildman–Crippen LogP) is 3.13. The molecule has 2 fully saturated rings. The summed E-state index contributed by atoms with van der Waals surface area (Å²) in [6.07, 6.45) is 1.45. The number of carbonyl (C=O) groups is 1. The third kappa shape index (κ3) is 3.21. The molecule has 0 aliphatic carbocycles. The van der Waals surface area contributed by atoms with Crippen molar-refractivity contribution < 1.29 is 14.3 Å². The number of anilines is 1. The van der Waals surface area contributed by atoms with Gasteiger partial charge in [-0.2, -0.15) is 0 Å². The fourth-order valence-corrected chi connectivity index (χ4v) is 5.15. The predicted molar refractivity (Wildman–Crippen MR) is 113 cm³/mol. The first kappa shape index (κ1) is 18.6. The topological polar surface area (TPSA) is 59.8 Å². The number of rotatable bonds is 3. The fraction of sp³-hybridized carbons (Fsp3) is 0.429. The number of hydrogen-bond acceptors (Lipinski definition) is 6. The maximum atomic E-state index is 13.1. The van der Waals surface area contributed by atoms with E-state index in [1.165, 1.54) is 11.3 Å². The lowest BCUT2D eigenvalue weighted by Crippen LogP contribution is -2.47. The quantitative estimate of drug-likeness (QED) is 0.662. The van der Waals surface area contributed by atoms with E-state index >= 15 is 0 Å². The summed E-state index contributed by atoms with van der Waals surface area (Å²) in [5.74, 6) is 0.446. The van der Waals surface area contributed by atoms with E-state index in [9.17, 15) is 4.79 Å². The minimum Gasteiger partial charge on any atom is -0.348 e. The van der Waals surface area contributed by atoms with Crippen molar-refractivity contribution in [2.24, 2.45) is 0 Å². The second kappa shape index (κ2) is 7.12. The number of benzene rings is 1. The van der Waals surface area contributed by atoms with Crippen LogP contribution in [0.2, 0.25) is 0 Å². The van der Waals surface area contributed by atoms with Crippen LogP contribution >= 0.6 is 11.3 Å². The Morgan fingerprint density at radius 2 is 1.83 bits per heavy atom. The van der Waals surface area contributed by atoms with Crippen molar-refractivity contribution in [2.45, 2.75) is 18.6 Å². The highest BCUT2D eigenvalue weighted by Gasteiger charge is 2.41. The van der Waals surface area contributed by atoms with Crippen LogP contribution in [0.5, 0.6) is 0 Å². The molecule has 152 valence electrons. The first-order chi connectivity index (χ1) is 14.1. The van der Waals surface area contributed by atoms with Gasteiger partial charge < -0.3 is 19.3 Å². The largest absolute Gasteiger partial charge is 0.348 e. The number of amides is 1. The summed E-state index contributed by atoms with van der Waals surface area (Å²) in [7, 11) is 3.96. The molecule has 2 saturated heterocycles. The molecule has 4 heterocycles. The van der Waals surface area contributed by atoms with Gasteiger partial charge in [0.1, 0.15) is 10.3 Å². The summed E-state index contributed by atoms with van der Waals surface area (Å²) in [5.41, 5.74) is 1.89. The van der Waals surface area contributed by atoms with Crippen molar-refractivity contribution in [3.8, 4) is 5.69 Å². The van der Waals surface area contributed by atoms with E-state index in [4.69, 9.17) is 14.5 Å². The first-order valence-corrected chi connectivity index (χ1v) is 10.7. The Morgan fingerprint density at radius 1 is 1.14 bits per heavy atom. The van der Waals surface area contributed by atoms with Crippen LogP contribution in [0.15, 0.2) is 36.4 Å². The number of imidazole rings is 1. The van der Waals surface area contributed by atoms with Crippen LogP contribution in [0.4, 0.5) is 5.95 Å². The first-order valence-electron chi connectivity index (χ1n) is 9.89. The van der Waals surface area contributed by atoms with Crippen molar-refractivity contribution in [3.63, 3.8) is 0 Å². The number of piperidine rings is 1. The maximum absolute atomic E-state index is 13.1. The highest BCUT2D eigenvalue weighted by atomic mass is 32.1. The normalized spacial score (nSPS) is 18.6. The number of carbonyl (C=O) groups excluding carboxylic acids is 1. The highest BCUT2D eigenvalue weighted by molar-refractivity contribution is 7.20. The van der Waals surface area contributed by atoms with E-state index in [2.05, 4.69) is 16.7 Å². The van der Waals surface area contributed by atoms with Gasteiger partial charge in [-0.25, -0.2) is 4.98 Å². The van der Waals surface area contributed by atoms with Crippen LogP contribution in [0.1, 0.15) is 22.5 Å². The number of hydrogen-bond donors (Lipinski definition) is 0. The number of thiophene rings is 1. The number of fused-ring (bicyclic) bond motifs is 1. The Morgan fingerprint density at radius 3 is 2.48 bits per heavy atom. The number of ether oxygens (including phenoxy) is 2. The molecule has 0 N–H and O–H groups in total. The van der Waals surface area contributed by atoms with E-state index in [0.29, 0.717) is 26.3 Å². The molecule has 0 atom stereocenters.